The fourth-order valence-electron chi connectivity index (χ4n) is 1.87. The average molecular weight is 285 g/mol. The molecule has 1 N–H and O–H groups in total. The van der Waals surface area contributed by atoms with E-state index in [0.717, 1.165) is 5.56 Å². The molecule has 6 heteroatoms. The van der Waals surface area contributed by atoms with Crippen LogP contribution in [0.15, 0.2) is 42.9 Å². The first-order valence-electron chi connectivity index (χ1n) is 6.33. The maximum Gasteiger partial charge on any atom is 0.333 e. The molecule has 6 nitrogen and oxygen atoms in total. The zero-order valence-electron chi connectivity index (χ0n) is 11.7. The minimum atomic E-state index is -0.885. The molecule has 1 atom stereocenters. The lowest BCUT2D eigenvalue weighted by Gasteiger charge is -2.17. The van der Waals surface area contributed by atoms with Gasteiger partial charge in [-0.25, -0.2) is 9.78 Å². The Morgan fingerprint density at radius 3 is 2.71 bits per heavy atom. The first-order valence-corrected chi connectivity index (χ1v) is 6.33. The van der Waals surface area contributed by atoms with Gasteiger partial charge in [0, 0.05) is 12.4 Å². The molecule has 0 aliphatic carbocycles. The van der Waals surface area contributed by atoms with Crippen molar-refractivity contribution >= 4 is 11.9 Å². The van der Waals surface area contributed by atoms with Gasteiger partial charge in [0.25, 0.3) is 5.91 Å². The van der Waals surface area contributed by atoms with Crippen LogP contribution >= 0.6 is 0 Å². The van der Waals surface area contributed by atoms with E-state index in [4.69, 9.17) is 4.74 Å². The molecule has 2 aromatic rings. The van der Waals surface area contributed by atoms with Gasteiger partial charge in [0.15, 0.2) is 6.04 Å². The summed E-state index contributed by atoms with van der Waals surface area (Å²) in [5, 5.41) is 2.61. The van der Waals surface area contributed by atoms with Crippen molar-refractivity contribution in [3.05, 3.63) is 59.7 Å². The molecule has 1 heterocycles. The van der Waals surface area contributed by atoms with E-state index in [9.17, 15) is 9.59 Å². The number of ether oxygens (including phenoxy) is 1. The van der Waals surface area contributed by atoms with Crippen LogP contribution < -0.4 is 5.32 Å². The second-order valence-electron chi connectivity index (χ2n) is 4.43. The van der Waals surface area contributed by atoms with E-state index in [-0.39, 0.29) is 5.69 Å². The Labute approximate surface area is 122 Å². The number of hydrogen-bond donors (Lipinski definition) is 1. The SMILES string of the molecule is COC(=O)C(NC(=O)c1cnccn1)c1cccc(C)c1. The van der Waals surface area contributed by atoms with Crippen LogP contribution in [0.1, 0.15) is 27.7 Å². The fraction of sp³-hybridized carbons (Fsp3) is 0.200. The van der Waals surface area contributed by atoms with Crippen LogP contribution in [-0.4, -0.2) is 29.0 Å². The summed E-state index contributed by atoms with van der Waals surface area (Å²) < 4.78 is 4.75. The summed E-state index contributed by atoms with van der Waals surface area (Å²) in [6, 6.07) is 6.41. The molecule has 0 spiro atoms. The van der Waals surface area contributed by atoms with Gasteiger partial charge in [-0.3, -0.25) is 9.78 Å². The topological polar surface area (TPSA) is 81.2 Å². The van der Waals surface area contributed by atoms with E-state index in [0.29, 0.717) is 5.56 Å². The average Bonchev–Trinajstić information content (AvgIpc) is 2.52. The first-order chi connectivity index (χ1) is 10.1. The van der Waals surface area contributed by atoms with Crippen LogP contribution in [-0.2, 0) is 9.53 Å². The number of aryl methyl sites for hydroxylation is 1. The molecule has 0 aliphatic rings. The van der Waals surface area contributed by atoms with Gasteiger partial charge < -0.3 is 10.1 Å². The maximum absolute atomic E-state index is 12.1. The van der Waals surface area contributed by atoms with Crippen LogP contribution in [0.4, 0.5) is 0 Å². The van der Waals surface area contributed by atoms with Crippen LogP contribution in [0, 0.1) is 6.92 Å². The lowest BCUT2D eigenvalue weighted by molar-refractivity contribution is -0.143. The number of benzene rings is 1. The highest BCUT2D eigenvalue weighted by atomic mass is 16.5. The van der Waals surface area contributed by atoms with Gasteiger partial charge in [0.05, 0.1) is 13.3 Å². The lowest BCUT2D eigenvalue weighted by Crippen LogP contribution is -2.35. The van der Waals surface area contributed by atoms with Crippen LogP contribution in [0.3, 0.4) is 0 Å². The molecule has 2 rings (SSSR count). The van der Waals surface area contributed by atoms with Gasteiger partial charge in [0.1, 0.15) is 5.69 Å². The van der Waals surface area contributed by atoms with Crippen molar-refractivity contribution in [1.29, 1.82) is 0 Å². The second kappa shape index (κ2) is 6.60. The molecule has 0 aliphatic heterocycles. The van der Waals surface area contributed by atoms with Crippen molar-refractivity contribution in [3.8, 4) is 0 Å². The molecule has 0 saturated carbocycles. The summed E-state index contributed by atoms with van der Waals surface area (Å²) in [5.41, 5.74) is 1.77. The maximum atomic E-state index is 12.1. The van der Waals surface area contributed by atoms with Crippen molar-refractivity contribution in [2.45, 2.75) is 13.0 Å². The zero-order chi connectivity index (χ0) is 15.2. The number of nitrogens with one attached hydrogen (secondary N) is 1. The Morgan fingerprint density at radius 2 is 2.10 bits per heavy atom. The smallest absolute Gasteiger partial charge is 0.333 e. The number of carbonyl (C=O) groups is 2. The summed E-state index contributed by atoms with van der Waals surface area (Å²) in [7, 11) is 1.28. The van der Waals surface area contributed by atoms with E-state index in [2.05, 4.69) is 15.3 Å². The van der Waals surface area contributed by atoms with E-state index in [1.54, 1.807) is 6.07 Å². The Morgan fingerprint density at radius 1 is 1.29 bits per heavy atom. The van der Waals surface area contributed by atoms with Crippen LogP contribution in [0.2, 0.25) is 0 Å². The fourth-order valence-corrected chi connectivity index (χ4v) is 1.87. The van der Waals surface area contributed by atoms with E-state index in [1.165, 1.54) is 25.7 Å². The van der Waals surface area contributed by atoms with Crippen LogP contribution in [0.25, 0.3) is 0 Å². The molecule has 1 aromatic heterocycles. The molecule has 21 heavy (non-hydrogen) atoms. The minimum absolute atomic E-state index is 0.138. The number of methoxy groups -OCH3 is 1. The number of nitrogens with zero attached hydrogens (tertiary/aromatic N) is 2. The molecular weight excluding hydrogens is 270 g/mol. The van der Waals surface area contributed by atoms with Gasteiger partial charge in [-0.2, -0.15) is 0 Å². The largest absolute Gasteiger partial charge is 0.467 e. The Hall–Kier alpha value is -2.76. The third-order valence-electron chi connectivity index (χ3n) is 2.88. The summed E-state index contributed by atoms with van der Waals surface area (Å²) in [6.45, 7) is 1.91. The normalized spacial score (nSPS) is 11.5. The van der Waals surface area contributed by atoms with Crippen molar-refractivity contribution in [3.63, 3.8) is 0 Å². The predicted molar refractivity (Wildman–Crippen MR) is 75.4 cm³/mol. The number of rotatable bonds is 4. The van der Waals surface area contributed by atoms with Gasteiger partial charge >= 0.3 is 5.97 Å². The van der Waals surface area contributed by atoms with Crippen LogP contribution in [0.5, 0.6) is 0 Å². The summed E-state index contributed by atoms with van der Waals surface area (Å²) in [6.07, 6.45) is 4.21. The van der Waals surface area contributed by atoms with Gasteiger partial charge in [-0.05, 0) is 12.5 Å². The lowest BCUT2D eigenvalue weighted by atomic mass is 10.0. The van der Waals surface area contributed by atoms with E-state index in [1.807, 2.05) is 25.1 Å². The summed E-state index contributed by atoms with van der Waals surface area (Å²) >= 11 is 0. The van der Waals surface area contributed by atoms with Crippen molar-refractivity contribution in [2.24, 2.45) is 0 Å². The van der Waals surface area contributed by atoms with Gasteiger partial charge in [-0.15, -0.1) is 0 Å². The number of carbonyl (C=O) groups excluding carboxylic acids is 2. The van der Waals surface area contributed by atoms with Crippen molar-refractivity contribution in [2.75, 3.05) is 7.11 Å². The highest BCUT2D eigenvalue weighted by Gasteiger charge is 2.24. The van der Waals surface area contributed by atoms with Gasteiger partial charge in [0.2, 0.25) is 0 Å². The van der Waals surface area contributed by atoms with Crippen molar-refractivity contribution < 1.29 is 14.3 Å². The van der Waals surface area contributed by atoms with E-state index >= 15 is 0 Å². The highest BCUT2D eigenvalue weighted by molar-refractivity contribution is 5.95. The predicted octanol–water partition coefficient (Wildman–Crippen LogP) is 1.43. The summed E-state index contributed by atoms with van der Waals surface area (Å²) in [5.74, 6) is -1.03. The number of esters is 1. The Balaban J connectivity index is 2.26. The van der Waals surface area contributed by atoms with Gasteiger partial charge in [-0.1, -0.05) is 29.8 Å². The Kier molecular flexibility index (Phi) is 4.61. The molecule has 1 aromatic carbocycles. The van der Waals surface area contributed by atoms with E-state index < -0.39 is 17.9 Å². The minimum Gasteiger partial charge on any atom is -0.467 e. The number of amides is 1. The third-order valence-corrected chi connectivity index (χ3v) is 2.88. The first kappa shape index (κ1) is 14.6. The summed E-state index contributed by atoms with van der Waals surface area (Å²) in [4.78, 5) is 31.8. The van der Waals surface area contributed by atoms with Crippen molar-refractivity contribution in [1.82, 2.24) is 15.3 Å². The molecule has 1 amide bonds. The number of hydrogen-bond acceptors (Lipinski definition) is 5. The quantitative estimate of drug-likeness (QED) is 0.859. The monoisotopic (exact) mass is 285 g/mol. The third kappa shape index (κ3) is 3.62. The number of aromatic nitrogens is 2. The molecule has 0 saturated heterocycles. The highest BCUT2D eigenvalue weighted by Crippen LogP contribution is 2.16. The molecular formula is C15H15N3O3. The molecule has 108 valence electrons. The molecule has 0 fully saturated rings. The molecule has 1 unspecified atom stereocenters. The second-order valence-corrected chi connectivity index (χ2v) is 4.43. The molecule has 0 bridgehead atoms. The zero-order valence-corrected chi connectivity index (χ0v) is 11.7. The standard InChI is InChI=1S/C15H15N3O3/c1-10-4-3-5-11(8-10)13(15(20)21-2)18-14(19)12-9-16-6-7-17-12/h3-9,13H,1-2H3,(H,18,19). The molecule has 0 radical (unpaired) electrons. The Bertz CT molecular complexity index is 644.